The first-order valence-corrected chi connectivity index (χ1v) is 10.3. The molecular formula is C11H23BrOSi. The second-order valence-electron chi connectivity index (χ2n) is 5.40. The molecule has 0 aliphatic heterocycles. The lowest BCUT2D eigenvalue weighted by Crippen LogP contribution is -2.44. The Balaban J connectivity index is 2.60. The van der Waals surface area contributed by atoms with Crippen LogP contribution in [0.15, 0.2) is 0 Å². The Morgan fingerprint density at radius 1 is 1.14 bits per heavy atom. The normalized spacial score (nSPS) is 22.3. The fraction of sp³-hybridized carbons (Fsp3) is 1.00. The summed E-state index contributed by atoms with van der Waals surface area (Å²) in [5, 5.41) is 1.08. The summed E-state index contributed by atoms with van der Waals surface area (Å²) in [5.74, 6) is 0. The van der Waals surface area contributed by atoms with Crippen molar-refractivity contribution in [1.29, 1.82) is 0 Å². The van der Waals surface area contributed by atoms with Gasteiger partial charge in [-0.25, -0.2) is 0 Å². The molecule has 1 saturated carbocycles. The molecule has 1 aliphatic rings. The van der Waals surface area contributed by atoms with Gasteiger partial charge in [0.1, 0.15) is 0 Å². The Morgan fingerprint density at radius 3 is 2.14 bits per heavy atom. The third-order valence-corrected chi connectivity index (χ3v) is 4.28. The number of alkyl halides is 1. The number of hydrogen-bond donors (Lipinski definition) is 0. The summed E-state index contributed by atoms with van der Waals surface area (Å²) in [5.41, 5.74) is 0.228. The lowest BCUT2D eigenvalue weighted by molar-refractivity contribution is 0.0204. The number of rotatable bonds is 4. The third kappa shape index (κ3) is 4.03. The van der Waals surface area contributed by atoms with E-state index in [-0.39, 0.29) is 5.60 Å². The van der Waals surface area contributed by atoms with Crippen LogP contribution in [0.25, 0.3) is 0 Å². The van der Waals surface area contributed by atoms with E-state index in [1.807, 2.05) is 0 Å². The molecule has 0 saturated heterocycles. The zero-order valence-electron chi connectivity index (χ0n) is 9.74. The molecule has 1 aliphatic carbocycles. The topological polar surface area (TPSA) is 9.23 Å². The fourth-order valence-corrected chi connectivity index (χ4v) is 4.75. The summed E-state index contributed by atoms with van der Waals surface area (Å²) >= 11 is 3.56. The van der Waals surface area contributed by atoms with Gasteiger partial charge >= 0.3 is 0 Å². The summed E-state index contributed by atoms with van der Waals surface area (Å²) in [4.78, 5) is 0. The highest BCUT2D eigenvalue weighted by Crippen LogP contribution is 2.37. The van der Waals surface area contributed by atoms with E-state index in [1.165, 1.54) is 38.5 Å². The van der Waals surface area contributed by atoms with Crippen molar-refractivity contribution in [2.24, 2.45) is 0 Å². The van der Waals surface area contributed by atoms with Crippen molar-refractivity contribution >= 4 is 24.2 Å². The molecule has 0 aromatic rings. The highest BCUT2D eigenvalue weighted by molar-refractivity contribution is 9.09. The third-order valence-electron chi connectivity index (χ3n) is 2.84. The highest BCUT2D eigenvalue weighted by atomic mass is 79.9. The Labute approximate surface area is 97.9 Å². The SMILES string of the molecule is C[Si](C)(C)OC1(CCBr)CCCCC1. The number of hydrogen-bond acceptors (Lipinski definition) is 1. The molecule has 84 valence electrons. The Morgan fingerprint density at radius 2 is 1.71 bits per heavy atom. The molecule has 0 amide bonds. The highest BCUT2D eigenvalue weighted by Gasteiger charge is 2.36. The predicted octanol–water partition coefficient (Wildman–Crippen LogP) is 4.33. The van der Waals surface area contributed by atoms with Crippen LogP contribution in [-0.2, 0) is 4.43 Å². The minimum atomic E-state index is -1.38. The summed E-state index contributed by atoms with van der Waals surface area (Å²) in [6.07, 6.45) is 7.87. The van der Waals surface area contributed by atoms with Crippen molar-refractivity contribution < 1.29 is 4.43 Å². The Bertz CT molecular complexity index is 165. The van der Waals surface area contributed by atoms with Crippen LogP contribution in [0.1, 0.15) is 38.5 Å². The standard InChI is InChI=1S/C11H23BrOSi/c1-14(2,3)13-11(9-10-12)7-5-4-6-8-11/h4-10H2,1-3H3. The first-order valence-electron chi connectivity index (χ1n) is 5.74. The summed E-state index contributed by atoms with van der Waals surface area (Å²) in [6.45, 7) is 6.91. The smallest absolute Gasteiger partial charge is 0.184 e. The summed E-state index contributed by atoms with van der Waals surface area (Å²) in [6, 6.07) is 0. The van der Waals surface area contributed by atoms with Crippen LogP contribution in [-0.4, -0.2) is 19.2 Å². The van der Waals surface area contributed by atoms with Crippen molar-refractivity contribution in [3.63, 3.8) is 0 Å². The molecule has 1 rings (SSSR count). The first kappa shape index (κ1) is 12.7. The largest absolute Gasteiger partial charge is 0.412 e. The van der Waals surface area contributed by atoms with Gasteiger partial charge in [0.2, 0.25) is 0 Å². The van der Waals surface area contributed by atoms with Gasteiger partial charge in [0, 0.05) is 5.33 Å². The van der Waals surface area contributed by atoms with E-state index >= 15 is 0 Å². The van der Waals surface area contributed by atoms with Crippen LogP contribution < -0.4 is 0 Å². The van der Waals surface area contributed by atoms with Crippen LogP contribution >= 0.6 is 15.9 Å². The van der Waals surface area contributed by atoms with Crippen molar-refractivity contribution in [3.05, 3.63) is 0 Å². The second-order valence-corrected chi connectivity index (χ2v) is 10.6. The van der Waals surface area contributed by atoms with Gasteiger partial charge in [-0.1, -0.05) is 35.2 Å². The van der Waals surface area contributed by atoms with Gasteiger partial charge in [-0.15, -0.1) is 0 Å². The van der Waals surface area contributed by atoms with Crippen LogP contribution in [0, 0.1) is 0 Å². The molecule has 1 fully saturated rings. The van der Waals surface area contributed by atoms with Gasteiger partial charge in [0.25, 0.3) is 0 Å². The monoisotopic (exact) mass is 278 g/mol. The average Bonchev–Trinajstić information content (AvgIpc) is 2.02. The minimum Gasteiger partial charge on any atom is -0.412 e. The molecule has 0 heterocycles. The quantitative estimate of drug-likeness (QED) is 0.550. The second kappa shape index (κ2) is 5.13. The molecular weight excluding hydrogens is 256 g/mol. The lowest BCUT2D eigenvalue weighted by Gasteiger charge is -2.42. The molecule has 0 radical (unpaired) electrons. The maximum atomic E-state index is 6.42. The van der Waals surface area contributed by atoms with Gasteiger partial charge < -0.3 is 4.43 Å². The van der Waals surface area contributed by atoms with Crippen LogP contribution in [0.2, 0.25) is 19.6 Å². The van der Waals surface area contributed by atoms with E-state index in [0.717, 1.165) is 5.33 Å². The van der Waals surface area contributed by atoms with Crippen LogP contribution in [0.4, 0.5) is 0 Å². The fourth-order valence-electron chi connectivity index (χ4n) is 2.42. The summed E-state index contributed by atoms with van der Waals surface area (Å²) < 4.78 is 6.42. The van der Waals surface area contributed by atoms with Gasteiger partial charge in [0.15, 0.2) is 8.32 Å². The predicted molar refractivity (Wildman–Crippen MR) is 68.7 cm³/mol. The van der Waals surface area contributed by atoms with E-state index in [0.29, 0.717) is 0 Å². The molecule has 0 unspecified atom stereocenters. The van der Waals surface area contributed by atoms with E-state index in [9.17, 15) is 0 Å². The zero-order valence-corrected chi connectivity index (χ0v) is 12.3. The summed E-state index contributed by atoms with van der Waals surface area (Å²) in [7, 11) is -1.38. The van der Waals surface area contributed by atoms with Crippen molar-refractivity contribution in [3.8, 4) is 0 Å². The molecule has 1 nitrogen and oxygen atoms in total. The molecule has 0 aromatic heterocycles. The maximum absolute atomic E-state index is 6.42. The van der Waals surface area contributed by atoms with Crippen LogP contribution in [0.5, 0.6) is 0 Å². The average molecular weight is 279 g/mol. The van der Waals surface area contributed by atoms with E-state index in [2.05, 4.69) is 35.6 Å². The molecule has 0 spiro atoms. The van der Waals surface area contributed by atoms with Crippen molar-refractivity contribution in [2.75, 3.05) is 5.33 Å². The van der Waals surface area contributed by atoms with E-state index < -0.39 is 8.32 Å². The molecule has 0 bridgehead atoms. The molecule has 3 heteroatoms. The van der Waals surface area contributed by atoms with Crippen molar-refractivity contribution in [1.82, 2.24) is 0 Å². The Kier molecular flexibility index (Phi) is 4.66. The van der Waals surface area contributed by atoms with Gasteiger partial charge in [-0.3, -0.25) is 0 Å². The molecule has 0 aromatic carbocycles. The first-order chi connectivity index (χ1) is 6.47. The minimum absolute atomic E-state index is 0.228. The lowest BCUT2D eigenvalue weighted by atomic mass is 9.83. The van der Waals surface area contributed by atoms with Gasteiger partial charge in [0.05, 0.1) is 5.60 Å². The maximum Gasteiger partial charge on any atom is 0.184 e. The number of halogens is 1. The van der Waals surface area contributed by atoms with Gasteiger partial charge in [-0.2, -0.15) is 0 Å². The Hall–Kier alpha value is 0.657. The molecule has 0 N–H and O–H groups in total. The van der Waals surface area contributed by atoms with Gasteiger partial charge in [-0.05, 0) is 38.9 Å². The molecule has 0 atom stereocenters. The van der Waals surface area contributed by atoms with Crippen molar-refractivity contribution in [2.45, 2.75) is 63.8 Å². The van der Waals surface area contributed by atoms with E-state index in [4.69, 9.17) is 4.43 Å². The van der Waals surface area contributed by atoms with E-state index in [1.54, 1.807) is 0 Å². The zero-order chi connectivity index (χ0) is 10.7. The molecule has 14 heavy (non-hydrogen) atoms. The van der Waals surface area contributed by atoms with Crippen LogP contribution in [0.3, 0.4) is 0 Å².